The van der Waals surface area contributed by atoms with Crippen LogP contribution in [0.3, 0.4) is 0 Å². The van der Waals surface area contributed by atoms with Gasteiger partial charge >= 0.3 is 5.97 Å². The van der Waals surface area contributed by atoms with Gasteiger partial charge in [-0.2, -0.15) is 0 Å². The summed E-state index contributed by atoms with van der Waals surface area (Å²) in [6.45, 7) is 6.22. The highest BCUT2D eigenvalue weighted by molar-refractivity contribution is 9.10. The highest BCUT2D eigenvalue weighted by atomic mass is 79.9. The Balaban J connectivity index is 3.06. The number of aromatic nitrogens is 1. The molecule has 94 valence electrons. The van der Waals surface area contributed by atoms with Gasteiger partial charge in [-0.3, -0.25) is 4.79 Å². The molecule has 1 heterocycles. The maximum atomic E-state index is 11.4. The van der Waals surface area contributed by atoms with E-state index in [1.54, 1.807) is 6.20 Å². The summed E-state index contributed by atoms with van der Waals surface area (Å²) < 4.78 is 5.61. The lowest BCUT2D eigenvalue weighted by atomic mass is 10.2. The minimum Gasteiger partial charge on any atom is -0.468 e. The van der Waals surface area contributed by atoms with Gasteiger partial charge in [0, 0.05) is 12.2 Å². The van der Waals surface area contributed by atoms with Gasteiger partial charge in [-0.05, 0) is 48.3 Å². The number of nitrogens with zero attached hydrogens (tertiary/aromatic N) is 2. The Morgan fingerprint density at radius 2 is 2.24 bits per heavy atom. The number of rotatable bonds is 4. The third-order valence-electron chi connectivity index (χ3n) is 2.49. The predicted octanol–water partition coefficient (Wildman–Crippen LogP) is 2.54. The molecule has 1 aromatic rings. The summed E-state index contributed by atoms with van der Waals surface area (Å²) in [5, 5.41) is 0. The fourth-order valence-corrected chi connectivity index (χ4v) is 1.89. The number of carbonyl (C=O) groups is 1. The van der Waals surface area contributed by atoms with Crippen LogP contribution in [0.25, 0.3) is 0 Å². The average Bonchev–Trinajstić information content (AvgIpc) is 2.29. The molecule has 0 aliphatic carbocycles. The van der Waals surface area contributed by atoms with Gasteiger partial charge in [0.15, 0.2) is 0 Å². The van der Waals surface area contributed by atoms with E-state index in [2.05, 4.69) is 20.9 Å². The van der Waals surface area contributed by atoms with Crippen LogP contribution in [-0.2, 0) is 9.53 Å². The van der Waals surface area contributed by atoms with Crippen LogP contribution in [0, 0.1) is 6.92 Å². The van der Waals surface area contributed by atoms with Crippen LogP contribution < -0.4 is 4.90 Å². The van der Waals surface area contributed by atoms with Gasteiger partial charge in [-0.25, -0.2) is 4.98 Å². The van der Waals surface area contributed by atoms with E-state index in [1.807, 2.05) is 31.7 Å². The number of halogens is 1. The Morgan fingerprint density at radius 1 is 1.59 bits per heavy atom. The van der Waals surface area contributed by atoms with Crippen LogP contribution >= 0.6 is 15.9 Å². The van der Waals surface area contributed by atoms with E-state index in [-0.39, 0.29) is 18.6 Å². The van der Waals surface area contributed by atoms with Crippen LogP contribution in [0.15, 0.2) is 16.7 Å². The zero-order valence-electron chi connectivity index (χ0n) is 10.5. The third-order valence-corrected chi connectivity index (χ3v) is 3.47. The van der Waals surface area contributed by atoms with Crippen molar-refractivity contribution >= 4 is 27.7 Å². The highest BCUT2D eigenvalue weighted by Crippen LogP contribution is 2.27. The number of hydrogen-bond acceptors (Lipinski definition) is 4. The van der Waals surface area contributed by atoms with E-state index in [0.717, 1.165) is 15.9 Å². The lowest BCUT2D eigenvalue weighted by Gasteiger charge is -2.27. The van der Waals surface area contributed by atoms with Crippen molar-refractivity contribution in [3.05, 3.63) is 22.3 Å². The second-order valence-electron chi connectivity index (χ2n) is 4.06. The van der Waals surface area contributed by atoms with E-state index >= 15 is 0 Å². The van der Waals surface area contributed by atoms with Crippen molar-refractivity contribution in [2.24, 2.45) is 0 Å². The third kappa shape index (κ3) is 3.43. The van der Waals surface area contributed by atoms with Crippen molar-refractivity contribution in [1.29, 1.82) is 0 Å². The Bertz CT molecular complexity index is 407. The number of ether oxygens (including phenoxy) is 1. The molecule has 4 nitrogen and oxygen atoms in total. The topological polar surface area (TPSA) is 42.4 Å². The molecule has 1 aromatic heterocycles. The smallest absolute Gasteiger partial charge is 0.325 e. The molecule has 0 aliphatic rings. The SMILES string of the molecule is COC(=O)CN(c1nccc(C)c1Br)C(C)C. The minimum absolute atomic E-state index is 0.166. The molecule has 0 saturated heterocycles. The fraction of sp³-hybridized carbons (Fsp3) is 0.500. The summed E-state index contributed by atoms with van der Waals surface area (Å²) >= 11 is 3.50. The summed E-state index contributed by atoms with van der Waals surface area (Å²) in [4.78, 5) is 17.6. The molecule has 0 radical (unpaired) electrons. The number of carbonyl (C=O) groups excluding carboxylic acids is 1. The monoisotopic (exact) mass is 300 g/mol. The standard InChI is InChI=1S/C12H17BrN2O2/c1-8(2)15(7-10(16)17-4)12-11(13)9(3)5-6-14-12/h5-6,8H,7H2,1-4H3. The first-order valence-electron chi connectivity index (χ1n) is 5.42. The average molecular weight is 301 g/mol. The first kappa shape index (κ1) is 14.0. The summed E-state index contributed by atoms with van der Waals surface area (Å²) in [5.41, 5.74) is 1.09. The maximum Gasteiger partial charge on any atom is 0.325 e. The number of anilines is 1. The molecule has 0 spiro atoms. The zero-order valence-corrected chi connectivity index (χ0v) is 12.1. The molecule has 0 bridgehead atoms. The van der Waals surface area contributed by atoms with Gasteiger partial charge < -0.3 is 9.64 Å². The number of esters is 1. The molecule has 0 unspecified atom stereocenters. The molecule has 0 saturated carbocycles. The van der Waals surface area contributed by atoms with Crippen LogP contribution in [0.2, 0.25) is 0 Å². The quantitative estimate of drug-likeness (QED) is 0.802. The summed E-state index contributed by atoms with van der Waals surface area (Å²) in [7, 11) is 1.39. The van der Waals surface area contributed by atoms with Crippen molar-refractivity contribution in [2.75, 3.05) is 18.6 Å². The summed E-state index contributed by atoms with van der Waals surface area (Å²) in [5.74, 6) is 0.499. The number of hydrogen-bond donors (Lipinski definition) is 0. The van der Waals surface area contributed by atoms with Crippen LogP contribution in [-0.4, -0.2) is 30.6 Å². The van der Waals surface area contributed by atoms with E-state index in [1.165, 1.54) is 7.11 Å². The maximum absolute atomic E-state index is 11.4. The fourth-order valence-electron chi connectivity index (χ4n) is 1.43. The molecule has 0 atom stereocenters. The molecular weight excluding hydrogens is 284 g/mol. The summed E-state index contributed by atoms with van der Waals surface area (Å²) in [6, 6.07) is 2.09. The van der Waals surface area contributed by atoms with E-state index in [0.29, 0.717) is 0 Å². The van der Waals surface area contributed by atoms with Crippen molar-refractivity contribution in [2.45, 2.75) is 26.8 Å². The van der Waals surface area contributed by atoms with Gasteiger partial charge in [-0.15, -0.1) is 0 Å². The van der Waals surface area contributed by atoms with Gasteiger partial charge in [0.2, 0.25) is 0 Å². The molecule has 0 fully saturated rings. The number of aryl methyl sites for hydroxylation is 1. The second kappa shape index (κ2) is 6.00. The Morgan fingerprint density at radius 3 is 2.76 bits per heavy atom. The minimum atomic E-state index is -0.270. The first-order valence-corrected chi connectivity index (χ1v) is 6.21. The van der Waals surface area contributed by atoms with Crippen molar-refractivity contribution in [3.63, 3.8) is 0 Å². The van der Waals surface area contributed by atoms with Gasteiger partial charge in [-0.1, -0.05) is 0 Å². The number of methoxy groups -OCH3 is 1. The lowest BCUT2D eigenvalue weighted by molar-refractivity contribution is -0.139. The molecule has 1 rings (SSSR count). The van der Waals surface area contributed by atoms with Gasteiger partial charge in [0.05, 0.1) is 11.6 Å². The largest absolute Gasteiger partial charge is 0.468 e. The normalized spacial score (nSPS) is 10.5. The molecule has 5 heteroatoms. The molecule has 17 heavy (non-hydrogen) atoms. The first-order chi connectivity index (χ1) is 7.97. The molecule has 0 amide bonds. The lowest BCUT2D eigenvalue weighted by Crippen LogP contribution is -2.37. The second-order valence-corrected chi connectivity index (χ2v) is 4.86. The predicted molar refractivity (Wildman–Crippen MR) is 71.2 cm³/mol. The number of pyridine rings is 1. The van der Waals surface area contributed by atoms with E-state index in [9.17, 15) is 4.79 Å². The highest BCUT2D eigenvalue weighted by Gasteiger charge is 2.19. The van der Waals surface area contributed by atoms with Crippen LogP contribution in [0.5, 0.6) is 0 Å². The Hall–Kier alpha value is -1.10. The van der Waals surface area contributed by atoms with E-state index in [4.69, 9.17) is 4.74 Å². The Labute approximate surface area is 110 Å². The molecule has 0 aromatic carbocycles. The van der Waals surface area contributed by atoms with Crippen molar-refractivity contribution in [1.82, 2.24) is 4.98 Å². The van der Waals surface area contributed by atoms with Crippen molar-refractivity contribution < 1.29 is 9.53 Å². The summed E-state index contributed by atoms with van der Waals surface area (Å²) in [6.07, 6.45) is 1.74. The van der Waals surface area contributed by atoms with Crippen LogP contribution in [0.1, 0.15) is 19.4 Å². The zero-order chi connectivity index (χ0) is 13.0. The molecule has 0 N–H and O–H groups in total. The van der Waals surface area contributed by atoms with Gasteiger partial charge in [0.1, 0.15) is 12.4 Å². The Kier molecular flexibility index (Phi) is 4.93. The van der Waals surface area contributed by atoms with Gasteiger partial charge in [0.25, 0.3) is 0 Å². The molecular formula is C12H17BrN2O2. The van der Waals surface area contributed by atoms with Crippen LogP contribution in [0.4, 0.5) is 5.82 Å². The van der Waals surface area contributed by atoms with E-state index < -0.39 is 0 Å². The van der Waals surface area contributed by atoms with Crippen molar-refractivity contribution in [3.8, 4) is 0 Å². The molecule has 0 aliphatic heterocycles.